The number of hydrogen-bond donors (Lipinski definition) is 1. The Morgan fingerprint density at radius 2 is 1.95 bits per heavy atom. The van der Waals surface area contributed by atoms with E-state index < -0.39 is 0 Å². The second-order valence-electron chi connectivity index (χ2n) is 7.01. The van der Waals surface area contributed by atoms with Crippen LogP contribution in [0.1, 0.15) is 46.0 Å². The average molecular weight is 267 g/mol. The van der Waals surface area contributed by atoms with E-state index in [9.17, 15) is 0 Å². The highest BCUT2D eigenvalue weighted by molar-refractivity contribution is 4.88. The van der Waals surface area contributed by atoms with Crippen LogP contribution in [0.4, 0.5) is 0 Å². The lowest BCUT2D eigenvalue weighted by atomic mass is 9.93. The minimum atomic E-state index is 0.337. The zero-order valence-corrected chi connectivity index (χ0v) is 13.2. The Labute approximate surface area is 119 Å². The van der Waals surface area contributed by atoms with Gasteiger partial charge in [-0.05, 0) is 84.7 Å². The first-order valence-electron chi connectivity index (χ1n) is 8.27. The fourth-order valence-corrected chi connectivity index (χ4v) is 3.46. The Kier molecular flexibility index (Phi) is 5.67. The molecule has 0 radical (unpaired) electrons. The average Bonchev–Trinajstić information content (AvgIpc) is 2.61. The number of piperidine rings is 1. The molecule has 0 spiro atoms. The number of nitrogens with zero attached hydrogens (tertiary/aromatic N) is 2. The van der Waals surface area contributed by atoms with Crippen LogP contribution < -0.4 is 5.32 Å². The van der Waals surface area contributed by atoms with Crippen molar-refractivity contribution in [3.63, 3.8) is 0 Å². The zero-order chi connectivity index (χ0) is 13.7. The highest BCUT2D eigenvalue weighted by Crippen LogP contribution is 2.21. The zero-order valence-electron chi connectivity index (χ0n) is 13.2. The van der Waals surface area contributed by atoms with Crippen LogP contribution in [0.15, 0.2) is 0 Å². The maximum atomic E-state index is 3.73. The van der Waals surface area contributed by atoms with Gasteiger partial charge in [-0.2, -0.15) is 0 Å². The first-order chi connectivity index (χ1) is 9.11. The van der Waals surface area contributed by atoms with Crippen molar-refractivity contribution in [2.45, 2.75) is 51.5 Å². The Hall–Kier alpha value is -0.120. The van der Waals surface area contributed by atoms with E-state index in [1.165, 1.54) is 71.4 Å². The minimum absolute atomic E-state index is 0.337. The van der Waals surface area contributed by atoms with Crippen LogP contribution >= 0.6 is 0 Å². The molecule has 0 aromatic carbocycles. The van der Waals surface area contributed by atoms with E-state index in [2.05, 4.69) is 36.0 Å². The van der Waals surface area contributed by atoms with E-state index in [1.807, 2.05) is 0 Å². The molecule has 112 valence electrons. The lowest BCUT2D eigenvalue weighted by Crippen LogP contribution is -2.48. The number of rotatable bonds is 4. The molecule has 19 heavy (non-hydrogen) atoms. The third kappa shape index (κ3) is 4.73. The van der Waals surface area contributed by atoms with Gasteiger partial charge in [-0.15, -0.1) is 0 Å². The van der Waals surface area contributed by atoms with E-state index in [4.69, 9.17) is 0 Å². The smallest absolute Gasteiger partial charge is 0.0277 e. The van der Waals surface area contributed by atoms with Gasteiger partial charge in [0.15, 0.2) is 0 Å². The lowest BCUT2D eigenvalue weighted by Gasteiger charge is -2.34. The summed E-state index contributed by atoms with van der Waals surface area (Å²) in [5.41, 5.74) is 0.337. The van der Waals surface area contributed by atoms with Crippen molar-refractivity contribution in [1.29, 1.82) is 0 Å². The summed E-state index contributed by atoms with van der Waals surface area (Å²) < 4.78 is 0. The molecule has 1 unspecified atom stereocenters. The monoisotopic (exact) mass is 267 g/mol. The van der Waals surface area contributed by atoms with Crippen LogP contribution in [0.5, 0.6) is 0 Å². The standard InChI is InChI=1S/C16H33N3/c1-4-16(2)14-19(10-5-9-17-16)13-8-15-6-11-18(3)12-7-15/h15,17H,4-14H2,1-3H3. The summed E-state index contributed by atoms with van der Waals surface area (Å²) in [6.45, 7) is 12.3. The Morgan fingerprint density at radius 1 is 1.21 bits per heavy atom. The van der Waals surface area contributed by atoms with E-state index >= 15 is 0 Å². The van der Waals surface area contributed by atoms with Gasteiger partial charge in [-0.25, -0.2) is 0 Å². The van der Waals surface area contributed by atoms with E-state index in [0.717, 1.165) is 5.92 Å². The van der Waals surface area contributed by atoms with E-state index in [0.29, 0.717) is 5.54 Å². The van der Waals surface area contributed by atoms with Crippen molar-refractivity contribution in [1.82, 2.24) is 15.1 Å². The van der Waals surface area contributed by atoms with Crippen molar-refractivity contribution in [3.8, 4) is 0 Å². The first-order valence-corrected chi connectivity index (χ1v) is 8.27. The maximum Gasteiger partial charge on any atom is 0.0277 e. The van der Waals surface area contributed by atoms with Gasteiger partial charge in [0, 0.05) is 12.1 Å². The molecule has 0 aromatic rings. The van der Waals surface area contributed by atoms with Gasteiger partial charge in [-0.3, -0.25) is 0 Å². The summed E-state index contributed by atoms with van der Waals surface area (Å²) >= 11 is 0. The molecule has 2 aliphatic rings. The maximum absolute atomic E-state index is 3.73. The quantitative estimate of drug-likeness (QED) is 0.842. The second kappa shape index (κ2) is 7.05. The summed E-state index contributed by atoms with van der Waals surface area (Å²) in [6.07, 6.45) is 6.77. The van der Waals surface area contributed by atoms with Crippen LogP contribution in [0.3, 0.4) is 0 Å². The van der Waals surface area contributed by atoms with Gasteiger partial charge in [0.1, 0.15) is 0 Å². The fourth-order valence-electron chi connectivity index (χ4n) is 3.46. The summed E-state index contributed by atoms with van der Waals surface area (Å²) in [7, 11) is 2.25. The fraction of sp³-hybridized carbons (Fsp3) is 1.00. The molecule has 2 aliphatic heterocycles. The Balaban J connectivity index is 1.75. The molecule has 2 heterocycles. The molecule has 1 atom stereocenters. The van der Waals surface area contributed by atoms with Crippen LogP contribution in [0.25, 0.3) is 0 Å². The van der Waals surface area contributed by atoms with Crippen molar-refractivity contribution in [2.24, 2.45) is 5.92 Å². The van der Waals surface area contributed by atoms with E-state index in [-0.39, 0.29) is 0 Å². The molecular weight excluding hydrogens is 234 g/mol. The molecule has 2 saturated heterocycles. The van der Waals surface area contributed by atoms with Crippen LogP contribution in [0.2, 0.25) is 0 Å². The predicted molar refractivity (Wildman–Crippen MR) is 82.6 cm³/mol. The van der Waals surface area contributed by atoms with Gasteiger partial charge in [0.05, 0.1) is 0 Å². The number of hydrogen-bond acceptors (Lipinski definition) is 3. The highest BCUT2D eigenvalue weighted by Gasteiger charge is 2.27. The molecule has 0 amide bonds. The van der Waals surface area contributed by atoms with Crippen LogP contribution in [0, 0.1) is 5.92 Å². The van der Waals surface area contributed by atoms with Crippen molar-refractivity contribution >= 4 is 0 Å². The minimum Gasteiger partial charge on any atom is -0.310 e. The van der Waals surface area contributed by atoms with Gasteiger partial charge in [0.25, 0.3) is 0 Å². The van der Waals surface area contributed by atoms with Crippen molar-refractivity contribution < 1.29 is 0 Å². The number of nitrogens with one attached hydrogen (secondary N) is 1. The molecule has 0 aliphatic carbocycles. The molecule has 3 heteroatoms. The summed E-state index contributed by atoms with van der Waals surface area (Å²) in [4.78, 5) is 5.18. The summed E-state index contributed by atoms with van der Waals surface area (Å²) in [6, 6.07) is 0. The molecule has 2 rings (SSSR count). The van der Waals surface area contributed by atoms with Gasteiger partial charge >= 0.3 is 0 Å². The molecule has 0 saturated carbocycles. The molecule has 0 bridgehead atoms. The normalized spacial score (nSPS) is 32.4. The third-order valence-corrected chi connectivity index (χ3v) is 5.25. The molecule has 0 aromatic heterocycles. The Morgan fingerprint density at radius 3 is 2.63 bits per heavy atom. The van der Waals surface area contributed by atoms with Gasteiger partial charge in [0.2, 0.25) is 0 Å². The predicted octanol–water partition coefficient (Wildman–Crippen LogP) is 2.18. The topological polar surface area (TPSA) is 18.5 Å². The van der Waals surface area contributed by atoms with Crippen LogP contribution in [-0.2, 0) is 0 Å². The molecule has 1 N–H and O–H groups in total. The summed E-state index contributed by atoms with van der Waals surface area (Å²) in [5, 5.41) is 3.73. The van der Waals surface area contributed by atoms with E-state index in [1.54, 1.807) is 0 Å². The number of likely N-dealkylation sites (tertiary alicyclic amines) is 1. The van der Waals surface area contributed by atoms with Gasteiger partial charge < -0.3 is 15.1 Å². The summed E-state index contributed by atoms with van der Waals surface area (Å²) in [5.74, 6) is 0.972. The third-order valence-electron chi connectivity index (χ3n) is 5.25. The molecule has 2 fully saturated rings. The first kappa shape index (κ1) is 15.3. The molecular formula is C16H33N3. The van der Waals surface area contributed by atoms with Gasteiger partial charge in [-0.1, -0.05) is 6.92 Å². The highest BCUT2D eigenvalue weighted by atomic mass is 15.2. The SMILES string of the molecule is CCC1(C)CN(CCC2CCN(C)CC2)CCCN1. The van der Waals surface area contributed by atoms with Crippen LogP contribution in [-0.4, -0.2) is 61.7 Å². The van der Waals surface area contributed by atoms with Crippen molar-refractivity contribution in [2.75, 3.05) is 46.3 Å². The largest absolute Gasteiger partial charge is 0.310 e. The lowest BCUT2D eigenvalue weighted by molar-refractivity contribution is 0.171. The molecule has 3 nitrogen and oxygen atoms in total. The Bertz CT molecular complexity index is 261. The van der Waals surface area contributed by atoms with Crippen molar-refractivity contribution in [3.05, 3.63) is 0 Å². The second-order valence-corrected chi connectivity index (χ2v) is 7.01.